The summed E-state index contributed by atoms with van der Waals surface area (Å²) in [5, 5.41) is 0. The first-order chi connectivity index (χ1) is 15.2. The van der Waals surface area contributed by atoms with Gasteiger partial charge in [-0.15, -0.1) is 13.2 Å². The van der Waals surface area contributed by atoms with Crippen molar-refractivity contribution in [3.63, 3.8) is 0 Å². The smallest absolute Gasteiger partial charge is 0.339 e. The van der Waals surface area contributed by atoms with E-state index in [1.54, 1.807) is 25.1 Å². The number of rotatable bonds is 5. The van der Waals surface area contributed by atoms with Crippen molar-refractivity contribution in [2.75, 3.05) is 20.2 Å². The standard InChI is InChI=1S/C22H25F3N4O3/c1-13-18-20(30)27-16-9-8-15(21(31)28(2)10-11-32-22(23,24)25)12-17(16)29(18)19(26-13)14-6-4-3-5-7-14/h8-9,12,14H,3-7,10-11H2,1-2H3,(H,27,30). The van der Waals surface area contributed by atoms with Gasteiger partial charge in [-0.25, -0.2) is 4.98 Å². The van der Waals surface area contributed by atoms with Crippen LogP contribution >= 0.6 is 0 Å². The number of amides is 1. The number of likely N-dealkylation sites (N-methyl/N-ethyl adjacent to an activating group) is 1. The molecule has 0 bridgehead atoms. The molecule has 0 radical (unpaired) electrons. The number of hydrogen-bond acceptors (Lipinski definition) is 4. The Morgan fingerprint density at radius 3 is 2.69 bits per heavy atom. The summed E-state index contributed by atoms with van der Waals surface area (Å²) < 4.78 is 42.3. The van der Waals surface area contributed by atoms with Crippen LogP contribution in [0.1, 0.15) is 59.9 Å². The van der Waals surface area contributed by atoms with Gasteiger partial charge in [0.25, 0.3) is 11.5 Å². The van der Waals surface area contributed by atoms with Gasteiger partial charge in [-0.05, 0) is 38.0 Å². The second kappa shape index (κ2) is 8.57. The van der Waals surface area contributed by atoms with Crippen molar-refractivity contribution in [3.05, 3.63) is 45.6 Å². The van der Waals surface area contributed by atoms with E-state index in [4.69, 9.17) is 4.98 Å². The number of H-pyrrole nitrogens is 1. The van der Waals surface area contributed by atoms with Crippen LogP contribution in [-0.4, -0.2) is 51.7 Å². The minimum atomic E-state index is -4.74. The molecule has 0 unspecified atom stereocenters. The lowest BCUT2D eigenvalue weighted by molar-refractivity contribution is -0.324. The molecule has 1 aliphatic carbocycles. The molecule has 0 spiro atoms. The van der Waals surface area contributed by atoms with Crippen LogP contribution in [-0.2, 0) is 4.74 Å². The third kappa shape index (κ3) is 4.36. The van der Waals surface area contributed by atoms with E-state index >= 15 is 0 Å². The van der Waals surface area contributed by atoms with Gasteiger partial charge >= 0.3 is 6.36 Å². The number of benzene rings is 1. The molecule has 1 saturated carbocycles. The Bertz CT molecular complexity index is 1210. The summed E-state index contributed by atoms with van der Waals surface area (Å²) >= 11 is 0. The summed E-state index contributed by atoms with van der Waals surface area (Å²) in [6.45, 7) is 0.935. The summed E-state index contributed by atoms with van der Waals surface area (Å²) in [6.07, 6.45) is 0.644. The molecule has 7 nitrogen and oxygen atoms in total. The zero-order chi connectivity index (χ0) is 23.0. The Morgan fingerprint density at radius 1 is 1.28 bits per heavy atom. The van der Waals surface area contributed by atoms with Crippen LogP contribution in [0.2, 0.25) is 0 Å². The maximum absolute atomic E-state index is 12.8. The maximum Gasteiger partial charge on any atom is 0.522 e. The lowest BCUT2D eigenvalue weighted by Crippen LogP contribution is -2.31. The fourth-order valence-electron chi connectivity index (χ4n) is 4.45. The number of hydrogen-bond donors (Lipinski definition) is 1. The monoisotopic (exact) mass is 450 g/mol. The second-order valence-electron chi connectivity index (χ2n) is 8.28. The molecule has 2 aromatic heterocycles. The van der Waals surface area contributed by atoms with Crippen LogP contribution in [0.4, 0.5) is 13.2 Å². The van der Waals surface area contributed by atoms with Gasteiger partial charge in [-0.2, -0.15) is 0 Å². The van der Waals surface area contributed by atoms with Crippen LogP contribution in [0.15, 0.2) is 23.0 Å². The van der Waals surface area contributed by atoms with Gasteiger partial charge < -0.3 is 9.88 Å². The molecule has 32 heavy (non-hydrogen) atoms. The Balaban J connectivity index is 1.74. The van der Waals surface area contributed by atoms with Crippen molar-refractivity contribution >= 4 is 22.5 Å². The van der Waals surface area contributed by atoms with E-state index in [0.29, 0.717) is 27.8 Å². The highest BCUT2D eigenvalue weighted by Crippen LogP contribution is 2.33. The highest BCUT2D eigenvalue weighted by Gasteiger charge is 2.29. The molecular weight excluding hydrogens is 425 g/mol. The molecule has 2 heterocycles. The van der Waals surface area contributed by atoms with Gasteiger partial charge in [-0.3, -0.25) is 18.7 Å². The molecule has 4 rings (SSSR count). The van der Waals surface area contributed by atoms with E-state index in [2.05, 4.69) is 9.72 Å². The largest absolute Gasteiger partial charge is 0.522 e. The molecule has 0 saturated heterocycles. The highest BCUT2D eigenvalue weighted by atomic mass is 19.4. The summed E-state index contributed by atoms with van der Waals surface area (Å²) in [4.78, 5) is 34.3. The number of carbonyl (C=O) groups is 1. The first kappa shape index (κ1) is 22.3. The highest BCUT2D eigenvalue weighted by molar-refractivity contribution is 5.97. The number of nitrogens with zero attached hydrogens (tertiary/aromatic N) is 3. The Labute approximate surface area is 182 Å². The summed E-state index contributed by atoms with van der Waals surface area (Å²) in [6, 6.07) is 4.86. The lowest BCUT2D eigenvalue weighted by atomic mass is 9.88. The van der Waals surface area contributed by atoms with E-state index in [1.165, 1.54) is 18.4 Å². The van der Waals surface area contributed by atoms with Crippen LogP contribution in [0.3, 0.4) is 0 Å². The molecule has 1 N–H and O–H groups in total. The third-order valence-corrected chi connectivity index (χ3v) is 6.04. The summed E-state index contributed by atoms with van der Waals surface area (Å²) in [7, 11) is 1.42. The molecule has 0 atom stereocenters. The average Bonchev–Trinajstić information content (AvgIpc) is 3.11. The molecule has 1 aliphatic rings. The van der Waals surface area contributed by atoms with Crippen molar-refractivity contribution in [1.29, 1.82) is 0 Å². The molecule has 0 aliphatic heterocycles. The summed E-state index contributed by atoms with van der Waals surface area (Å²) in [5.41, 5.74) is 2.36. The van der Waals surface area contributed by atoms with Crippen LogP contribution in [0.5, 0.6) is 0 Å². The SMILES string of the molecule is Cc1nc(C2CCCCC2)n2c1c(=O)[nH]c1ccc(C(=O)N(C)CCOC(F)(F)F)cc12. The molecular formula is C22H25F3N4O3. The minimum absolute atomic E-state index is 0.213. The Morgan fingerprint density at radius 2 is 2.00 bits per heavy atom. The third-order valence-electron chi connectivity index (χ3n) is 6.04. The molecule has 10 heteroatoms. The number of halogens is 3. The number of aryl methyl sites for hydroxylation is 1. The van der Waals surface area contributed by atoms with Gasteiger partial charge in [0.15, 0.2) is 0 Å². The van der Waals surface area contributed by atoms with Crippen LogP contribution < -0.4 is 5.56 Å². The zero-order valence-electron chi connectivity index (χ0n) is 18.0. The molecule has 1 fully saturated rings. The fraction of sp³-hybridized carbons (Fsp3) is 0.500. The number of carbonyl (C=O) groups excluding carboxylic acids is 1. The van der Waals surface area contributed by atoms with Crippen molar-refractivity contribution < 1.29 is 22.7 Å². The number of fused-ring (bicyclic) bond motifs is 3. The number of alkyl halides is 3. The van der Waals surface area contributed by atoms with Gasteiger partial charge in [0, 0.05) is 25.1 Å². The first-order valence-electron chi connectivity index (χ1n) is 10.7. The van der Waals surface area contributed by atoms with Crippen molar-refractivity contribution in [1.82, 2.24) is 19.3 Å². The molecule has 3 aromatic rings. The average molecular weight is 450 g/mol. The predicted molar refractivity (Wildman–Crippen MR) is 113 cm³/mol. The van der Waals surface area contributed by atoms with Gasteiger partial charge in [-0.1, -0.05) is 19.3 Å². The minimum Gasteiger partial charge on any atom is -0.339 e. The zero-order valence-corrected chi connectivity index (χ0v) is 18.0. The number of aromatic amines is 1. The molecule has 1 aromatic carbocycles. The van der Waals surface area contributed by atoms with E-state index in [0.717, 1.165) is 31.5 Å². The van der Waals surface area contributed by atoms with Crippen LogP contribution in [0.25, 0.3) is 16.6 Å². The second-order valence-corrected chi connectivity index (χ2v) is 8.28. The predicted octanol–water partition coefficient (Wildman–Crippen LogP) is 4.14. The van der Waals surface area contributed by atoms with Crippen molar-refractivity contribution in [2.45, 2.75) is 51.3 Å². The normalized spacial score (nSPS) is 15.5. The number of nitrogens with one attached hydrogen (secondary N) is 1. The first-order valence-corrected chi connectivity index (χ1v) is 10.7. The Hall–Kier alpha value is -2.88. The van der Waals surface area contributed by atoms with Crippen LogP contribution in [0, 0.1) is 6.92 Å². The number of imidazole rings is 1. The topological polar surface area (TPSA) is 79.7 Å². The fourth-order valence-corrected chi connectivity index (χ4v) is 4.45. The molecule has 172 valence electrons. The molecule has 1 amide bonds. The van der Waals surface area contributed by atoms with E-state index in [-0.39, 0.29) is 18.0 Å². The number of aromatic nitrogens is 3. The lowest BCUT2D eigenvalue weighted by Gasteiger charge is -2.21. The van der Waals surface area contributed by atoms with E-state index in [1.807, 2.05) is 4.40 Å². The van der Waals surface area contributed by atoms with Crippen molar-refractivity contribution in [3.8, 4) is 0 Å². The van der Waals surface area contributed by atoms with Gasteiger partial charge in [0.2, 0.25) is 0 Å². The summed E-state index contributed by atoms with van der Waals surface area (Å²) in [5.74, 6) is 0.620. The van der Waals surface area contributed by atoms with Gasteiger partial charge in [0.05, 0.1) is 23.3 Å². The van der Waals surface area contributed by atoms with E-state index < -0.39 is 18.9 Å². The van der Waals surface area contributed by atoms with Crippen molar-refractivity contribution in [2.24, 2.45) is 0 Å². The Kier molecular flexibility index (Phi) is 5.98. The number of ether oxygens (including phenoxy) is 1. The van der Waals surface area contributed by atoms with E-state index in [9.17, 15) is 22.8 Å². The van der Waals surface area contributed by atoms with Gasteiger partial charge in [0.1, 0.15) is 11.3 Å². The maximum atomic E-state index is 12.8. The quantitative estimate of drug-likeness (QED) is 0.634.